The number of carbonyl (C=O) groups excluding carboxylic acids is 1. The molecule has 0 radical (unpaired) electrons. The van der Waals surface area contributed by atoms with Gasteiger partial charge in [-0.15, -0.1) is 0 Å². The van der Waals surface area contributed by atoms with Gasteiger partial charge in [-0.3, -0.25) is 10.7 Å². The highest BCUT2D eigenvalue weighted by Crippen LogP contribution is 2.31. The summed E-state index contributed by atoms with van der Waals surface area (Å²) in [4.78, 5) is 16.0. The molecule has 1 amide bonds. The Morgan fingerprint density at radius 2 is 1.96 bits per heavy atom. The predicted molar refractivity (Wildman–Crippen MR) is 95.6 cm³/mol. The maximum atomic E-state index is 12.9. The van der Waals surface area contributed by atoms with Crippen molar-refractivity contribution in [3.8, 4) is 5.75 Å². The number of benzene rings is 2. The summed E-state index contributed by atoms with van der Waals surface area (Å²) in [7, 11) is 0. The van der Waals surface area contributed by atoms with E-state index in [2.05, 4.69) is 10.3 Å². The third-order valence-electron chi connectivity index (χ3n) is 3.63. The molecule has 0 unspecified atom stereocenters. The maximum Gasteiger partial charge on any atom is 0.416 e. The van der Waals surface area contributed by atoms with Crippen LogP contribution in [0.3, 0.4) is 0 Å². The van der Waals surface area contributed by atoms with Gasteiger partial charge in [0, 0.05) is 0 Å². The second kappa shape index (κ2) is 7.59. The number of hydrogen-bond acceptors (Lipinski definition) is 5. The fourth-order valence-corrected chi connectivity index (χ4v) is 2.47. The summed E-state index contributed by atoms with van der Waals surface area (Å²) in [5.41, 5.74) is -0.0314. The number of rotatable bonds is 3. The van der Waals surface area contributed by atoms with Crippen LogP contribution in [0.2, 0.25) is 0 Å². The van der Waals surface area contributed by atoms with E-state index in [4.69, 9.17) is 14.9 Å². The molecule has 146 valence electrons. The van der Waals surface area contributed by atoms with Crippen LogP contribution in [0, 0.1) is 5.41 Å². The second-order valence-electron chi connectivity index (χ2n) is 5.54. The summed E-state index contributed by atoms with van der Waals surface area (Å²) in [6.45, 7) is 1.76. The Hall–Kier alpha value is -3.56. The minimum Gasteiger partial charge on any atom is -0.450 e. The van der Waals surface area contributed by atoms with Gasteiger partial charge in [0.15, 0.2) is 0 Å². The molecule has 2 N–H and O–H groups in total. The molecular weight excluding hydrogens is 377 g/mol. The molecule has 3 rings (SSSR count). The molecular formula is C18H15F3N4O3. The van der Waals surface area contributed by atoms with Crippen LogP contribution >= 0.6 is 0 Å². The molecule has 1 heterocycles. The van der Waals surface area contributed by atoms with E-state index in [1.807, 2.05) is 0 Å². The van der Waals surface area contributed by atoms with Gasteiger partial charge in [0.25, 0.3) is 0 Å². The molecule has 0 aliphatic carbocycles. The van der Waals surface area contributed by atoms with E-state index in [1.165, 1.54) is 12.1 Å². The average molecular weight is 392 g/mol. The Kier molecular flexibility index (Phi) is 5.21. The quantitative estimate of drug-likeness (QED) is 0.508. The first kappa shape index (κ1) is 19.2. The molecule has 0 aliphatic heterocycles. The highest BCUT2D eigenvalue weighted by atomic mass is 19.4. The monoisotopic (exact) mass is 392 g/mol. The highest BCUT2D eigenvalue weighted by Gasteiger charge is 2.30. The highest BCUT2D eigenvalue weighted by molar-refractivity contribution is 5.95. The van der Waals surface area contributed by atoms with Gasteiger partial charge in [0.1, 0.15) is 5.75 Å². The zero-order valence-corrected chi connectivity index (χ0v) is 14.6. The number of anilines is 1. The van der Waals surface area contributed by atoms with Crippen molar-refractivity contribution in [1.82, 2.24) is 9.55 Å². The number of halogens is 3. The smallest absolute Gasteiger partial charge is 0.416 e. The van der Waals surface area contributed by atoms with Crippen molar-refractivity contribution in [2.75, 3.05) is 11.9 Å². The molecule has 0 aliphatic rings. The molecule has 3 aromatic rings. The summed E-state index contributed by atoms with van der Waals surface area (Å²) >= 11 is 0. The van der Waals surface area contributed by atoms with Crippen LogP contribution in [-0.2, 0) is 10.9 Å². The lowest BCUT2D eigenvalue weighted by Crippen LogP contribution is -2.23. The van der Waals surface area contributed by atoms with Crippen molar-refractivity contribution in [2.24, 2.45) is 0 Å². The number of para-hydroxylation sites is 2. The van der Waals surface area contributed by atoms with Crippen LogP contribution in [0.4, 0.5) is 23.9 Å². The number of imidazole rings is 1. The first-order valence-corrected chi connectivity index (χ1v) is 8.15. The van der Waals surface area contributed by atoms with Gasteiger partial charge in [-0.25, -0.2) is 14.3 Å². The van der Waals surface area contributed by atoms with Crippen molar-refractivity contribution >= 4 is 29.1 Å². The average Bonchev–Trinajstić information content (AvgIpc) is 2.99. The molecule has 2 aromatic carbocycles. The van der Waals surface area contributed by atoms with Gasteiger partial charge >= 0.3 is 18.3 Å². The topological polar surface area (TPSA) is 89.2 Å². The first-order valence-electron chi connectivity index (χ1n) is 8.15. The molecule has 7 nitrogen and oxygen atoms in total. The van der Waals surface area contributed by atoms with Gasteiger partial charge in [-0.1, -0.05) is 18.2 Å². The minimum absolute atomic E-state index is 0.0587. The molecule has 0 bridgehead atoms. The Morgan fingerprint density at radius 3 is 2.68 bits per heavy atom. The van der Waals surface area contributed by atoms with Crippen LogP contribution in [0.1, 0.15) is 12.5 Å². The third-order valence-corrected chi connectivity index (χ3v) is 3.63. The Bertz CT molecular complexity index is 1030. The van der Waals surface area contributed by atoms with Crippen LogP contribution in [0.5, 0.6) is 5.75 Å². The first-order chi connectivity index (χ1) is 13.3. The molecule has 28 heavy (non-hydrogen) atoms. The van der Waals surface area contributed by atoms with Crippen molar-refractivity contribution < 1.29 is 27.4 Å². The number of carbonyl (C=O) groups is 1. The van der Waals surface area contributed by atoms with E-state index in [0.717, 1.165) is 16.7 Å². The lowest BCUT2D eigenvalue weighted by atomic mass is 10.2. The number of nitrogens with zero attached hydrogens (tertiary/aromatic N) is 2. The largest absolute Gasteiger partial charge is 0.450 e. The number of alkyl halides is 3. The number of ether oxygens (including phenoxy) is 2. The van der Waals surface area contributed by atoms with Crippen molar-refractivity contribution in [1.29, 1.82) is 5.41 Å². The fourth-order valence-electron chi connectivity index (χ4n) is 2.47. The fraction of sp³-hybridized carbons (Fsp3) is 0.167. The van der Waals surface area contributed by atoms with E-state index in [0.29, 0.717) is 11.0 Å². The molecule has 0 spiro atoms. The molecule has 10 heteroatoms. The van der Waals surface area contributed by atoms with Gasteiger partial charge in [0.2, 0.25) is 5.95 Å². The van der Waals surface area contributed by atoms with Gasteiger partial charge in [-0.05, 0) is 37.3 Å². The molecule has 1 aromatic heterocycles. The van der Waals surface area contributed by atoms with Crippen LogP contribution in [-0.4, -0.2) is 28.3 Å². The van der Waals surface area contributed by atoms with Crippen LogP contribution in [0.25, 0.3) is 11.0 Å². The normalized spacial score (nSPS) is 11.3. The van der Waals surface area contributed by atoms with Crippen molar-refractivity contribution in [3.63, 3.8) is 0 Å². The number of hydrogen-bond donors (Lipinski definition) is 2. The number of aromatic nitrogens is 2. The molecule has 0 saturated carbocycles. The third kappa shape index (κ3) is 4.05. The zero-order chi connectivity index (χ0) is 20.3. The van der Waals surface area contributed by atoms with E-state index >= 15 is 0 Å². The van der Waals surface area contributed by atoms with E-state index in [1.54, 1.807) is 31.2 Å². The maximum absolute atomic E-state index is 12.9. The SMILES string of the molecule is CCOC(=O)Nc1nc2ccccc2n1C(=N)Oc1cccc(C(F)(F)F)c1. The minimum atomic E-state index is -4.54. The molecule has 0 saturated heterocycles. The van der Waals surface area contributed by atoms with E-state index in [-0.39, 0.29) is 18.3 Å². The summed E-state index contributed by atoms with van der Waals surface area (Å²) in [6.07, 6.45) is -5.33. The predicted octanol–water partition coefficient (Wildman–Crippen LogP) is 4.49. The van der Waals surface area contributed by atoms with E-state index in [9.17, 15) is 18.0 Å². The van der Waals surface area contributed by atoms with Crippen molar-refractivity contribution in [3.05, 3.63) is 54.1 Å². The Labute approximate surface area is 157 Å². The standard InChI is InChI=1S/C18H15F3N4O3/c1-2-27-17(26)24-16-23-13-8-3-4-9-14(13)25(16)15(22)28-12-7-5-6-11(10-12)18(19,20)21/h3-10,22H,2H2,1H3,(H,23,24,26). The van der Waals surface area contributed by atoms with Crippen LogP contribution < -0.4 is 10.1 Å². The number of nitrogens with one attached hydrogen (secondary N) is 2. The Balaban J connectivity index is 1.96. The lowest BCUT2D eigenvalue weighted by molar-refractivity contribution is -0.137. The Morgan fingerprint density at radius 1 is 1.21 bits per heavy atom. The lowest BCUT2D eigenvalue weighted by Gasteiger charge is -2.13. The zero-order valence-electron chi connectivity index (χ0n) is 14.6. The van der Waals surface area contributed by atoms with Gasteiger partial charge in [0.05, 0.1) is 23.2 Å². The summed E-state index contributed by atoms with van der Waals surface area (Å²) < 4.78 is 49.9. The molecule has 0 fully saturated rings. The number of amides is 1. The summed E-state index contributed by atoms with van der Waals surface area (Å²) in [5.74, 6) is -0.240. The summed E-state index contributed by atoms with van der Waals surface area (Å²) in [6, 6.07) is 10.3. The van der Waals surface area contributed by atoms with Crippen molar-refractivity contribution in [2.45, 2.75) is 13.1 Å². The number of fused-ring (bicyclic) bond motifs is 1. The van der Waals surface area contributed by atoms with Crippen LogP contribution in [0.15, 0.2) is 48.5 Å². The van der Waals surface area contributed by atoms with Gasteiger partial charge < -0.3 is 9.47 Å². The molecule has 0 atom stereocenters. The van der Waals surface area contributed by atoms with E-state index < -0.39 is 23.9 Å². The second-order valence-corrected chi connectivity index (χ2v) is 5.54. The van der Waals surface area contributed by atoms with Gasteiger partial charge in [-0.2, -0.15) is 13.2 Å². The summed E-state index contributed by atoms with van der Waals surface area (Å²) in [5, 5.41) is 10.6.